The smallest absolute Gasteiger partial charge is 0.165 e. The maximum Gasteiger partial charge on any atom is 0.165 e. The van der Waals surface area contributed by atoms with Gasteiger partial charge >= 0.3 is 0 Å². The van der Waals surface area contributed by atoms with E-state index < -0.39 is 5.92 Å². The summed E-state index contributed by atoms with van der Waals surface area (Å²) in [5.41, 5.74) is 5.22. The number of nitrogens with one attached hydrogen (secondary N) is 1. The number of nitriles is 1. The standard InChI is InChI=1S/C20H17N5O/c1-26-17-9-7-15(8-10-17)12-23-25-20-14-22-13-19(24-20)18(11-21)16-5-3-2-4-6-16/h2-10,12-14,18H,1H3,(H,24,25)/b23-12+. The van der Waals surface area contributed by atoms with E-state index in [9.17, 15) is 5.26 Å². The largest absolute Gasteiger partial charge is 0.497 e. The SMILES string of the molecule is COc1ccc(/C=N/Nc2cncc(C(C#N)c3ccccc3)n2)cc1. The van der Waals surface area contributed by atoms with Gasteiger partial charge in [-0.05, 0) is 35.4 Å². The molecular weight excluding hydrogens is 326 g/mol. The van der Waals surface area contributed by atoms with Crippen molar-refractivity contribution in [2.75, 3.05) is 12.5 Å². The Kier molecular flexibility index (Phi) is 5.53. The molecule has 0 aliphatic rings. The lowest BCUT2D eigenvalue weighted by molar-refractivity contribution is 0.415. The topological polar surface area (TPSA) is 83.2 Å². The highest BCUT2D eigenvalue weighted by molar-refractivity contribution is 5.80. The van der Waals surface area contributed by atoms with Gasteiger partial charge in [0.2, 0.25) is 0 Å². The number of rotatable bonds is 6. The number of hydrogen-bond acceptors (Lipinski definition) is 6. The first-order chi connectivity index (χ1) is 12.8. The number of anilines is 1. The number of ether oxygens (including phenoxy) is 1. The average Bonchev–Trinajstić information content (AvgIpc) is 2.70. The molecule has 0 saturated heterocycles. The van der Waals surface area contributed by atoms with E-state index in [1.54, 1.807) is 25.7 Å². The molecule has 3 aromatic rings. The minimum Gasteiger partial charge on any atom is -0.497 e. The first kappa shape index (κ1) is 17.1. The van der Waals surface area contributed by atoms with Crippen LogP contribution in [-0.4, -0.2) is 23.3 Å². The Balaban J connectivity index is 1.72. The summed E-state index contributed by atoms with van der Waals surface area (Å²) in [5.74, 6) is 0.789. The van der Waals surface area contributed by atoms with Gasteiger partial charge in [0, 0.05) is 0 Å². The van der Waals surface area contributed by atoms with Crippen LogP contribution in [0.2, 0.25) is 0 Å². The Hall–Kier alpha value is -3.72. The summed E-state index contributed by atoms with van der Waals surface area (Å²) in [6.07, 6.45) is 4.83. The maximum atomic E-state index is 9.51. The first-order valence-corrected chi connectivity index (χ1v) is 8.00. The Morgan fingerprint density at radius 3 is 2.58 bits per heavy atom. The minimum absolute atomic E-state index is 0.475. The molecule has 26 heavy (non-hydrogen) atoms. The molecule has 1 heterocycles. The molecule has 0 spiro atoms. The maximum absolute atomic E-state index is 9.51. The summed E-state index contributed by atoms with van der Waals surface area (Å²) >= 11 is 0. The molecule has 2 aromatic carbocycles. The third-order valence-electron chi connectivity index (χ3n) is 3.72. The molecular formula is C20H17N5O. The third-order valence-corrected chi connectivity index (χ3v) is 3.72. The van der Waals surface area contributed by atoms with Gasteiger partial charge in [-0.15, -0.1) is 0 Å². The lowest BCUT2D eigenvalue weighted by Gasteiger charge is -2.09. The van der Waals surface area contributed by atoms with Crippen LogP contribution in [0.4, 0.5) is 5.82 Å². The highest BCUT2D eigenvalue weighted by Gasteiger charge is 2.15. The fourth-order valence-corrected chi connectivity index (χ4v) is 2.39. The summed E-state index contributed by atoms with van der Waals surface area (Å²) in [7, 11) is 1.63. The summed E-state index contributed by atoms with van der Waals surface area (Å²) in [6, 6.07) is 19.3. The molecule has 1 atom stereocenters. The van der Waals surface area contributed by atoms with E-state index >= 15 is 0 Å². The number of aromatic nitrogens is 2. The van der Waals surface area contributed by atoms with Crippen LogP contribution in [0.25, 0.3) is 0 Å². The molecule has 3 rings (SSSR count). The van der Waals surface area contributed by atoms with Crippen LogP contribution in [0.1, 0.15) is 22.7 Å². The molecule has 0 bridgehead atoms. The van der Waals surface area contributed by atoms with Crippen LogP contribution in [0.5, 0.6) is 5.75 Å². The molecule has 6 heteroatoms. The summed E-state index contributed by atoms with van der Waals surface area (Å²) in [5, 5.41) is 13.7. The van der Waals surface area contributed by atoms with E-state index in [-0.39, 0.29) is 0 Å². The number of hydrazone groups is 1. The van der Waals surface area contributed by atoms with Crippen molar-refractivity contribution in [1.82, 2.24) is 9.97 Å². The summed E-state index contributed by atoms with van der Waals surface area (Å²) < 4.78 is 5.12. The van der Waals surface area contributed by atoms with Gasteiger partial charge in [0.1, 0.15) is 11.7 Å². The van der Waals surface area contributed by atoms with Crippen molar-refractivity contribution in [2.24, 2.45) is 5.10 Å². The van der Waals surface area contributed by atoms with Gasteiger partial charge in [0.05, 0.1) is 37.5 Å². The molecule has 1 N–H and O–H groups in total. The first-order valence-electron chi connectivity index (χ1n) is 8.00. The van der Waals surface area contributed by atoms with Crippen LogP contribution in [0, 0.1) is 11.3 Å². The zero-order valence-corrected chi connectivity index (χ0v) is 14.2. The van der Waals surface area contributed by atoms with E-state index in [0.29, 0.717) is 11.5 Å². The van der Waals surface area contributed by atoms with Crippen LogP contribution < -0.4 is 10.2 Å². The van der Waals surface area contributed by atoms with Gasteiger partial charge in [-0.2, -0.15) is 10.4 Å². The Morgan fingerprint density at radius 1 is 1.12 bits per heavy atom. The normalized spacial score (nSPS) is 11.7. The number of hydrogen-bond donors (Lipinski definition) is 1. The molecule has 0 fully saturated rings. The molecule has 6 nitrogen and oxygen atoms in total. The summed E-state index contributed by atoms with van der Waals surface area (Å²) in [4.78, 5) is 8.61. The third kappa shape index (κ3) is 4.22. The van der Waals surface area contributed by atoms with Crippen molar-refractivity contribution in [3.63, 3.8) is 0 Å². The number of methoxy groups -OCH3 is 1. The highest BCUT2D eigenvalue weighted by Crippen LogP contribution is 2.22. The molecule has 0 aliphatic heterocycles. The fourth-order valence-electron chi connectivity index (χ4n) is 2.39. The van der Waals surface area contributed by atoms with Crippen molar-refractivity contribution in [3.05, 3.63) is 83.8 Å². The molecule has 0 saturated carbocycles. The molecule has 1 aromatic heterocycles. The van der Waals surface area contributed by atoms with Crippen molar-refractivity contribution in [3.8, 4) is 11.8 Å². The van der Waals surface area contributed by atoms with E-state index in [1.165, 1.54) is 0 Å². The zero-order valence-electron chi connectivity index (χ0n) is 14.2. The van der Waals surface area contributed by atoms with E-state index in [0.717, 1.165) is 16.9 Å². The highest BCUT2D eigenvalue weighted by atomic mass is 16.5. The Labute approximate surface area is 151 Å². The lowest BCUT2D eigenvalue weighted by Crippen LogP contribution is -2.04. The van der Waals surface area contributed by atoms with Gasteiger partial charge in [-0.1, -0.05) is 30.3 Å². The van der Waals surface area contributed by atoms with Crippen LogP contribution >= 0.6 is 0 Å². The van der Waals surface area contributed by atoms with Gasteiger partial charge in [-0.3, -0.25) is 10.4 Å². The van der Waals surface area contributed by atoms with Crippen LogP contribution in [-0.2, 0) is 0 Å². The van der Waals surface area contributed by atoms with Crippen LogP contribution in [0.15, 0.2) is 72.1 Å². The fraction of sp³-hybridized carbons (Fsp3) is 0.100. The quantitative estimate of drug-likeness (QED) is 0.546. The van der Waals surface area contributed by atoms with Crippen molar-refractivity contribution in [2.45, 2.75) is 5.92 Å². The van der Waals surface area contributed by atoms with E-state index in [1.807, 2.05) is 54.6 Å². The molecule has 128 valence electrons. The van der Waals surface area contributed by atoms with Gasteiger partial charge in [0.25, 0.3) is 0 Å². The number of benzene rings is 2. The second kappa shape index (κ2) is 8.40. The lowest BCUT2D eigenvalue weighted by atomic mass is 9.98. The summed E-state index contributed by atoms with van der Waals surface area (Å²) in [6.45, 7) is 0. The van der Waals surface area contributed by atoms with Gasteiger partial charge < -0.3 is 4.74 Å². The van der Waals surface area contributed by atoms with E-state index in [2.05, 4.69) is 26.6 Å². The zero-order chi connectivity index (χ0) is 18.2. The van der Waals surface area contributed by atoms with E-state index in [4.69, 9.17) is 4.74 Å². The van der Waals surface area contributed by atoms with Crippen molar-refractivity contribution in [1.29, 1.82) is 5.26 Å². The molecule has 0 radical (unpaired) electrons. The predicted molar refractivity (Wildman–Crippen MR) is 100 cm³/mol. The predicted octanol–water partition coefficient (Wildman–Crippen LogP) is 3.59. The van der Waals surface area contributed by atoms with Gasteiger partial charge in [-0.25, -0.2) is 4.98 Å². The molecule has 1 unspecified atom stereocenters. The number of nitrogens with zero attached hydrogens (tertiary/aromatic N) is 4. The Morgan fingerprint density at radius 2 is 1.88 bits per heavy atom. The monoisotopic (exact) mass is 343 g/mol. The molecule has 0 aliphatic carbocycles. The van der Waals surface area contributed by atoms with Crippen LogP contribution in [0.3, 0.4) is 0 Å². The minimum atomic E-state index is -0.476. The van der Waals surface area contributed by atoms with Crippen molar-refractivity contribution < 1.29 is 4.74 Å². The Bertz CT molecular complexity index is 917. The average molecular weight is 343 g/mol. The van der Waals surface area contributed by atoms with Crippen molar-refractivity contribution >= 4 is 12.0 Å². The second-order valence-electron chi connectivity index (χ2n) is 5.45. The molecule has 0 amide bonds. The van der Waals surface area contributed by atoms with Gasteiger partial charge in [0.15, 0.2) is 5.82 Å². The second-order valence-corrected chi connectivity index (χ2v) is 5.45.